The van der Waals surface area contributed by atoms with Gasteiger partial charge in [0.25, 0.3) is 0 Å². The van der Waals surface area contributed by atoms with E-state index in [9.17, 15) is 9.59 Å². The summed E-state index contributed by atoms with van der Waals surface area (Å²) in [4.78, 5) is 25.6. The van der Waals surface area contributed by atoms with Crippen molar-refractivity contribution in [2.75, 3.05) is 5.32 Å². The van der Waals surface area contributed by atoms with Gasteiger partial charge in [0.2, 0.25) is 5.91 Å². The number of hydrogen-bond donors (Lipinski definition) is 3. The highest BCUT2D eigenvalue weighted by atomic mass is 16.4. The molecule has 6 nitrogen and oxygen atoms in total. The van der Waals surface area contributed by atoms with Crippen LogP contribution in [0.2, 0.25) is 0 Å². The molecule has 0 aliphatic heterocycles. The maximum atomic E-state index is 11.7. The quantitative estimate of drug-likeness (QED) is 0.769. The van der Waals surface area contributed by atoms with Crippen molar-refractivity contribution >= 4 is 17.6 Å². The molecule has 3 N–H and O–H groups in total. The summed E-state index contributed by atoms with van der Waals surface area (Å²) in [6.45, 7) is 1.64. The molecule has 2 heterocycles. The normalized spacial score (nSPS) is 10.4. The van der Waals surface area contributed by atoms with Crippen molar-refractivity contribution in [3.63, 3.8) is 0 Å². The minimum absolute atomic E-state index is 0.0892. The van der Waals surface area contributed by atoms with Crippen LogP contribution in [0.15, 0.2) is 29.0 Å². The number of nitrogens with one attached hydrogen (secondary N) is 2. The summed E-state index contributed by atoms with van der Waals surface area (Å²) >= 11 is 0. The van der Waals surface area contributed by atoms with Crippen molar-refractivity contribution in [2.45, 2.75) is 19.8 Å². The van der Waals surface area contributed by atoms with E-state index in [2.05, 4.69) is 10.3 Å². The van der Waals surface area contributed by atoms with Gasteiger partial charge in [-0.25, -0.2) is 4.79 Å². The van der Waals surface area contributed by atoms with E-state index in [-0.39, 0.29) is 23.6 Å². The van der Waals surface area contributed by atoms with Crippen LogP contribution in [0.5, 0.6) is 0 Å². The zero-order valence-corrected chi connectivity index (χ0v) is 10.4. The van der Waals surface area contributed by atoms with Crippen LogP contribution in [-0.2, 0) is 11.2 Å². The summed E-state index contributed by atoms with van der Waals surface area (Å²) in [7, 11) is 0. The third-order valence-corrected chi connectivity index (χ3v) is 2.74. The molecule has 100 valence electrons. The van der Waals surface area contributed by atoms with Crippen molar-refractivity contribution in [1.29, 1.82) is 0 Å². The number of aromatic amines is 1. The third-order valence-electron chi connectivity index (χ3n) is 2.74. The molecule has 1 amide bonds. The number of hydrogen-bond acceptors (Lipinski definition) is 3. The number of aromatic nitrogens is 1. The summed E-state index contributed by atoms with van der Waals surface area (Å²) in [5, 5.41) is 11.6. The lowest BCUT2D eigenvalue weighted by molar-refractivity contribution is -0.116. The van der Waals surface area contributed by atoms with Crippen LogP contribution < -0.4 is 5.32 Å². The second-order valence-electron chi connectivity index (χ2n) is 4.14. The zero-order chi connectivity index (χ0) is 13.8. The first-order chi connectivity index (χ1) is 9.08. The van der Waals surface area contributed by atoms with E-state index in [1.54, 1.807) is 25.3 Å². The fraction of sp³-hybridized carbons (Fsp3) is 0.231. The minimum atomic E-state index is -1.07. The molecule has 0 aliphatic rings. The minimum Gasteiger partial charge on any atom is -0.478 e. The number of rotatable bonds is 5. The van der Waals surface area contributed by atoms with Crippen molar-refractivity contribution in [1.82, 2.24) is 4.98 Å². The Bertz CT molecular complexity index is 584. The summed E-state index contributed by atoms with van der Waals surface area (Å²) in [6, 6.07) is 3.54. The van der Waals surface area contributed by atoms with Crippen LogP contribution >= 0.6 is 0 Å². The van der Waals surface area contributed by atoms with Gasteiger partial charge in [0.15, 0.2) is 0 Å². The standard InChI is InChI=1S/C13H14N2O4/c1-8-12(13(17)18)10(7-14-8)15-11(16)5-4-9-3-2-6-19-9/h2-3,6-7,14H,4-5H2,1H3,(H,15,16)(H,17,18). The Morgan fingerprint density at radius 2 is 2.26 bits per heavy atom. The average molecular weight is 262 g/mol. The van der Waals surface area contributed by atoms with Crippen LogP contribution in [0.1, 0.15) is 28.2 Å². The Hall–Kier alpha value is -2.50. The molecule has 0 aromatic carbocycles. The molecule has 19 heavy (non-hydrogen) atoms. The summed E-state index contributed by atoms with van der Waals surface area (Å²) in [6.07, 6.45) is 3.73. The molecule has 0 atom stereocenters. The first kappa shape index (κ1) is 12.9. The zero-order valence-electron chi connectivity index (χ0n) is 10.4. The van der Waals surface area contributed by atoms with Crippen LogP contribution in [-0.4, -0.2) is 22.0 Å². The molecule has 0 bridgehead atoms. The molecule has 2 aromatic rings. The number of furan rings is 1. The molecule has 0 saturated carbocycles. The first-order valence-electron chi connectivity index (χ1n) is 5.81. The predicted molar refractivity (Wildman–Crippen MR) is 68.1 cm³/mol. The summed E-state index contributed by atoms with van der Waals surface area (Å²) < 4.78 is 5.12. The lowest BCUT2D eigenvalue weighted by atomic mass is 10.2. The Balaban J connectivity index is 1.97. The van der Waals surface area contributed by atoms with Gasteiger partial charge in [-0.05, 0) is 19.1 Å². The summed E-state index contributed by atoms with van der Waals surface area (Å²) in [5.41, 5.74) is 0.884. The number of carboxylic acids is 1. The Morgan fingerprint density at radius 3 is 2.89 bits per heavy atom. The van der Waals surface area contributed by atoms with Gasteiger partial charge in [0.05, 0.1) is 12.0 Å². The summed E-state index contributed by atoms with van der Waals surface area (Å²) in [5.74, 6) is -0.600. The maximum absolute atomic E-state index is 11.7. The Kier molecular flexibility index (Phi) is 3.70. The number of aromatic carboxylic acids is 1. The van der Waals surface area contributed by atoms with E-state index < -0.39 is 5.97 Å². The highest BCUT2D eigenvalue weighted by molar-refractivity contribution is 6.01. The van der Waals surface area contributed by atoms with Gasteiger partial charge in [-0.3, -0.25) is 4.79 Å². The van der Waals surface area contributed by atoms with Gasteiger partial charge in [-0.15, -0.1) is 0 Å². The smallest absolute Gasteiger partial charge is 0.339 e. The molecule has 0 radical (unpaired) electrons. The van der Waals surface area contributed by atoms with Gasteiger partial charge in [0, 0.05) is 24.7 Å². The molecular formula is C13H14N2O4. The van der Waals surface area contributed by atoms with E-state index in [4.69, 9.17) is 9.52 Å². The van der Waals surface area contributed by atoms with Gasteiger partial charge < -0.3 is 19.8 Å². The van der Waals surface area contributed by atoms with Gasteiger partial charge in [0.1, 0.15) is 11.3 Å². The average Bonchev–Trinajstić information content (AvgIpc) is 2.96. The maximum Gasteiger partial charge on any atom is 0.339 e. The number of carboxylic acid groups (broad SMARTS) is 1. The van der Waals surface area contributed by atoms with E-state index in [0.717, 1.165) is 5.76 Å². The van der Waals surface area contributed by atoms with Gasteiger partial charge >= 0.3 is 5.97 Å². The van der Waals surface area contributed by atoms with Gasteiger partial charge in [-0.1, -0.05) is 0 Å². The highest BCUT2D eigenvalue weighted by Crippen LogP contribution is 2.19. The predicted octanol–water partition coefficient (Wildman–Crippen LogP) is 2.19. The topological polar surface area (TPSA) is 95.3 Å². The van der Waals surface area contributed by atoms with Crippen molar-refractivity contribution in [2.24, 2.45) is 0 Å². The van der Waals surface area contributed by atoms with Crippen molar-refractivity contribution in [3.05, 3.63) is 41.6 Å². The van der Waals surface area contributed by atoms with E-state index in [1.165, 1.54) is 6.20 Å². The third kappa shape index (κ3) is 3.04. The van der Waals surface area contributed by atoms with Crippen LogP contribution in [0.3, 0.4) is 0 Å². The second kappa shape index (κ2) is 5.43. The molecule has 0 unspecified atom stereocenters. The van der Waals surface area contributed by atoms with Crippen molar-refractivity contribution in [3.8, 4) is 0 Å². The fourth-order valence-corrected chi connectivity index (χ4v) is 1.81. The monoisotopic (exact) mass is 262 g/mol. The number of carbonyl (C=O) groups excluding carboxylic acids is 1. The number of H-pyrrole nitrogens is 1. The molecular weight excluding hydrogens is 248 g/mol. The van der Waals surface area contributed by atoms with Crippen LogP contribution in [0.25, 0.3) is 0 Å². The Labute approximate surface area is 109 Å². The second-order valence-corrected chi connectivity index (χ2v) is 4.14. The van der Waals surface area contributed by atoms with Crippen molar-refractivity contribution < 1.29 is 19.1 Å². The van der Waals surface area contributed by atoms with E-state index >= 15 is 0 Å². The highest BCUT2D eigenvalue weighted by Gasteiger charge is 2.17. The number of amides is 1. The van der Waals surface area contributed by atoms with Gasteiger partial charge in [-0.2, -0.15) is 0 Å². The molecule has 2 aromatic heterocycles. The number of aryl methyl sites for hydroxylation is 2. The molecule has 6 heteroatoms. The number of carbonyl (C=O) groups is 2. The molecule has 0 spiro atoms. The number of anilines is 1. The van der Waals surface area contributed by atoms with E-state index in [1.807, 2.05) is 0 Å². The van der Waals surface area contributed by atoms with E-state index in [0.29, 0.717) is 12.1 Å². The molecule has 0 fully saturated rings. The fourth-order valence-electron chi connectivity index (χ4n) is 1.81. The lowest BCUT2D eigenvalue weighted by Gasteiger charge is -2.04. The van der Waals surface area contributed by atoms with Crippen LogP contribution in [0.4, 0.5) is 5.69 Å². The molecule has 2 rings (SSSR count). The SMILES string of the molecule is Cc1[nH]cc(NC(=O)CCc2ccco2)c1C(=O)O. The lowest BCUT2D eigenvalue weighted by Crippen LogP contribution is -2.14. The first-order valence-corrected chi connectivity index (χ1v) is 5.81. The molecule has 0 aliphatic carbocycles. The largest absolute Gasteiger partial charge is 0.478 e. The Morgan fingerprint density at radius 1 is 1.47 bits per heavy atom. The van der Waals surface area contributed by atoms with Crippen LogP contribution in [0, 0.1) is 6.92 Å². The molecule has 0 saturated heterocycles.